The Morgan fingerprint density at radius 1 is 1.47 bits per heavy atom. The first-order chi connectivity index (χ1) is 8.06. The van der Waals surface area contributed by atoms with Gasteiger partial charge in [0.05, 0.1) is 6.54 Å². The Morgan fingerprint density at radius 3 is 2.71 bits per heavy atom. The number of nitrogens with zero attached hydrogens (tertiary/aromatic N) is 1. The lowest BCUT2D eigenvalue weighted by Crippen LogP contribution is -2.30. The molecule has 1 atom stereocenters. The zero-order valence-electron chi connectivity index (χ0n) is 9.42. The third-order valence-electron chi connectivity index (χ3n) is 2.66. The summed E-state index contributed by atoms with van der Waals surface area (Å²) < 4.78 is 5.12. The molecule has 0 aliphatic carbocycles. The summed E-state index contributed by atoms with van der Waals surface area (Å²) in [4.78, 5) is 23.1. The molecule has 0 radical (unpaired) electrons. The Bertz CT molecular complexity index is 440. The van der Waals surface area contributed by atoms with E-state index in [0.29, 0.717) is 0 Å². The third-order valence-corrected chi connectivity index (χ3v) is 2.66. The van der Waals surface area contributed by atoms with Gasteiger partial charge in [-0.1, -0.05) is 29.8 Å². The van der Waals surface area contributed by atoms with Gasteiger partial charge < -0.3 is 9.84 Å². The van der Waals surface area contributed by atoms with Crippen LogP contribution >= 0.6 is 0 Å². The maximum Gasteiger partial charge on any atom is 0.411 e. The fraction of sp³-hybridized carbons (Fsp3) is 0.333. The molecule has 2 rings (SSSR count). The second-order valence-electron chi connectivity index (χ2n) is 4.06. The summed E-state index contributed by atoms with van der Waals surface area (Å²) in [6.07, 6.45) is -0.944. The minimum atomic E-state index is -1.04. The van der Waals surface area contributed by atoms with Gasteiger partial charge in [0.2, 0.25) is 0 Å². The van der Waals surface area contributed by atoms with Gasteiger partial charge in [0.15, 0.2) is 0 Å². The molecular formula is C12H13NO4. The Labute approximate surface area is 98.6 Å². The molecule has 1 N–H and O–H groups in total. The summed E-state index contributed by atoms with van der Waals surface area (Å²) >= 11 is 0. The van der Waals surface area contributed by atoms with Crippen LogP contribution < -0.4 is 0 Å². The molecule has 1 saturated heterocycles. The van der Waals surface area contributed by atoms with E-state index in [1.54, 1.807) is 0 Å². The van der Waals surface area contributed by atoms with Crippen molar-refractivity contribution in [2.75, 3.05) is 13.1 Å². The number of rotatable bonds is 3. The highest BCUT2D eigenvalue weighted by atomic mass is 16.6. The predicted octanol–water partition coefficient (Wildman–Crippen LogP) is 1.57. The Balaban J connectivity index is 2.08. The van der Waals surface area contributed by atoms with Crippen molar-refractivity contribution < 1.29 is 19.4 Å². The number of cyclic esters (lactones) is 1. The van der Waals surface area contributed by atoms with Crippen molar-refractivity contribution in [2.24, 2.45) is 0 Å². The van der Waals surface area contributed by atoms with E-state index in [-0.39, 0.29) is 19.2 Å². The van der Waals surface area contributed by atoms with E-state index < -0.39 is 12.1 Å². The lowest BCUT2D eigenvalue weighted by Gasteiger charge is -2.09. The van der Waals surface area contributed by atoms with E-state index in [4.69, 9.17) is 9.84 Å². The van der Waals surface area contributed by atoms with Gasteiger partial charge in [-0.25, -0.2) is 4.79 Å². The van der Waals surface area contributed by atoms with Crippen LogP contribution in [0.4, 0.5) is 4.79 Å². The number of carboxylic acids is 1. The Morgan fingerprint density at radius 2 is 2.12 bits per heavy atom. The van der Waals surface area contributed by atoms with Gasteiger partial charge in [-0.15, -0.1) is 0 Å². The molecule has 1 amide bonds. The number of carbonyl (C=O) groups is 2. The smallest absolute Gasteiger partial charge is 0.411 e. The van der Waals surface area contributed by atoms with Crippen LogP contribution in [0.2, 0.25) is 0 Å². The molecule has 90 valence electrons. The van der Waals surface area contributed by atoms with E-state index in [9.17, 15) is 9.59 Å². The van der Waals surface area contributed by atoms with Gasteiger partial charge in [-0.2, -0.15) is 0 Å². The largest absolute Gasteiger partial charge is 0.480 e. The summed E-state index contributed by atoms with van der Waals surface area (Å²) in [6, 6.07) is 7.64. The van der Waals surface area contributed by atoms with Crippen molar-refractivity contribution in [2.45, 2.75) is 13.0 Å². The number of hydrogen-bond donors (Lipinski definition) is 1. The minimum Gasteiger partial charge on any atom is -0.480 e. The molecule has 1 aromatic carbocycles. The molecule has 1 heterocycles. The van der Waals surface area contributed by atoms with Crippen LogP contribution in [-0.2, 0) is 9.53 Å². The lowest BCUT2D eigenvalue weighted by atomic mass is 10.1. The molecule has 0 bridgehead atoms. The molecule has 1 aliphatic heterocycles. The maximum atomic E-state index is 11.4. The van der Waals surface area contributed by atoms with E-state index >= 15 is 0 Å². The SMILES string of the molecule is Cc1ccc(C2CN(CC(=O)O)C(=O)O2)cc1. The van der Waals surface area contributed by atoms with Gasteiger partial charge in [0, 0.05) is 0 Å². The number of amides is 1. The summed E-state index contributed by atoms with van der Waals surface area (Å²) in [5.74, 6) is -1.04. The fourth-order valence-electron chi connectivity index (χ4n) is 1.76. The van der Waals surface area contributed by atoms with Crippen LogP contribution in [0.5, 0.6) is 0 Å². The van der Waals surface area contributed by atoms with E-state index in [2.05, 4.69) is 0 Å². The zero-order chi connectivity index (χ0) is 12.4. The van der Waals surface area contributed by atoms with Crippen molar-refractivity contribution in [1.29, 1.82) is 0 Å². The fourth-order valence-corrected chi connectivity index (χ4v) is 1.76. The number of aryl methyl sites for hydroxylation is 1. The van der Waals surface area contributed by atoms with Crippen LogP contribution in [0.3, 0.4) is 0 Å². The average Bonchev–Trinajstić information content (AvgIpc) is 2.60. The quantitative estimate of drug-likeness (QED) is 0.863. The molecule has 5 heteroatoms. The zero-order valence-corrected chi connectivity index (χ0v) is 9.42. The minimum absolute atomic E-state index is 0.286. The lowest BCUT2D eigenvalue weighted by molar-refractivity contribution is -0.137. The molecular weight excluding hydrogens is 222 g/mol. The molecule has 17 heavy (non-hydrogen) atoms. The van der Waals surface area contributed by atoms with Crippen molar-refractivity contribution in [3.8, 4) is 0 Å². The Hall–Kier alpha value is -2.04. The van der Waals surface area contributed by atoms with Crippen molar-refractivity contribution in [3.05, 3.63) is 35.4 Å². The summed E-state index contributed by atoms with van der Waals surface area (Å²) in [5.41, 5.74) is 2.01. The normalized spacial score (nSPS) is 19.2. The molecule has 1 aromatic rings. The molecule has 1 aliphatic rings. The van der Waals surface area contributed by atoms with E-state index in [1.165, 1.54) is 4.90 Å². The summed E-state index contributed by atoms with van der Waals surface area (Å²) in [5, 5.41) is 8.64. The number of carboxylic acid groups (broad SMARTS) is 1. The van der Waals surface area contributed by atoms with Crippen LogP contribution in [0.15, 0.2) is 24.3 Å². The topological polar surface area (TPSA) is 66.8 Å². The maximum absolute atomic E-state index is 11.4. The van der Waals surface area contributed by atoms with Crippen LogP contribution in [0.1, 0.15) is 17.2 Å². The van der Waals surface area contributed by atoms with Crippen molar-refractivity contribution in [1.82, 2.24) is 4.90 Å². The number of benzene rings is 1. The van der Waals surface area contributed by atoms with Gasteiger partial charge >= 0.3 is 12.1 Å². The molecule has 0 spiro atoms. The van der Waals surface area contributed by atoms with Crippen LogP contribution in [0, 0.1) is 6.92 Å². The molecule has 1 unspecified atom stereocenters. The number of ether oxygens (including phenoxy) is 1. The number of hydrogen-bond acceptors (Lipinski definition) is 3. The van der Waals surface area contributed by atoms with E-state index in [0.717, 1.165) is 11.1 Å². The molecule has 0 saturated carbocycles. The summed E-state index contributed by atoms with van der Waals surface area (Å²) in [7, 11) is 0. The van der Waals surface area contributed by atoms with Gasteiger partial charge in [0.1, 0.15) is 12.6 Å². The first kappa shape index (κ1) is 11.4. The average molecular weight is 235 g/mol. The first-order valence-corrected chi connectivity index (χ1v) is 5.30. The van der Waals surface area contributed by atoms with Crippen molar-refractivity contribution >= 4 is 12.1 Å². The summed E-state index contributed by atoms with van der Waals surface area (Å²) in [6.45, 7) is 1.94. The monoisotopic (exact) mass is 235 g/mol. The van der Waals surface area contributed by atoms with Gasteiger partial charge in [-0.3, -0.25) is 9.69 Å². The van der Waals surface area contributed by atoms with Crippen LogP contribution in [-0.4, -0.2) is 35.2 Å². The molecule has 0 aromatic heterocycles. The predicted molar refractivity (Wildman–Crippen MR) is 59.6 cm³/mol. The standard InChI is InChI=1S/C12H13NO4/c1-8-2-4-9(5-3-8)10-6-13(7-11(14)15)12(16)17-10/h2-5,10H,6-7H2,1H3,(H,14,15). The highest BCUT2D eigenvalue weighted by Gasteiger charge is 2.33. The molecule has 5 nitrogen and oxygen atoms in total. The third kappa shape index (κ3) is 2.55. The number of aliphatic carboxylic acids is 1. The van der Waals surface area contributed by atoms with Gasteiger partial charge in [-0.05, 0) is 12.5 Å². The second-order valence-corrected chi connectivity index (χ2v) is 4.06. The Kier molecular flexibility index (Phi) is 2.99. The highest BCUT2D eigenvalue weighted by molar-refractivity contribution is 5.78. The van der Waals surface area contributed by atoms with Crippen molar-refractivity contribution in [3.63, 3.8) is 0 Å². The first-order valence-electron chi connectivity index (χ1n) is 5.30. The molecule has 1 fully saturated rings. The number of carbonyl (C=O) groups excluding carboxylic acids is 1. The van der Waals surface area contributed by atoms with Gasteiger partial charge in [0.25, 0.3) is 0 Å². The highest BCUT2D eigenvalue weighted by Crippen LogP contribution is 2.25. The second kappa shape index (κ2) is 4.45. The van der Waals surface area contributed by atoms with Crippen LogP contribution in [0.25, 0.3) is 0 Å². The van der Waals surface area contributed by atoms with E-state index in [1.807, 2.05) is 31.2 Å².